The van der Waals surface area contributed by atoms with Crippen molar-refractivity contribution < 1.29 is 4.79 Å². The van der Waals surface area contributed by atoms with Crippen molar-refractivity contribution in [3.8, 4) is 0 Å². The van der Waals surface area contributed by atoms with Crippen LogP contribution in [0, 0.1) is 6.92 Å². The van der Waals surface area contributed by atoms with E-state index in [1.165, 1.54) is 5.56 Å². The minimum atomic E-state index is -0.308. The molecule has 1 atom stereocenters. The van der Waals surface area contributed by atoms with Gasteiger partial charge in [-0.1, -0.05) is 33.6 Å². The van der Waals surface area contributed by atoms with E-state index < -0.39 is 0 Å². The van der Waals surface area contributed by atoms with Crippen molar-refractivity contribution in [3.05, 3.63) is 58.6 Å². The molecular weight excluding hydrogens is 316 g/mol. The van der Waals surface area contributed by atoms with E-state index in [-0.39, 0.29) is 11.9 Å². The number of amides is 1. The Kier molecular flexibility index (Phi) is 4.79. The Morgan fingerprint density at radius 2 is 1.55 bits per heavy atom. The monoisotopic (exact) mass is 332 g/mol. The maximum atomic E-state index is 12.1. The van der Waals surface area contributed by atoms with Crippen LogP contribution in [0.1, 0.15) is 12.5 Å². The van der Waals surface area contributed by atoms with Gasteiger partial charge in [0.1, 0.15) is 6.04 Å². The van der Waals surface area contributed by atoms with Gasteiger partial charge in [0.15, 0.2) is 0 Å². The van der Waals surface area contributed by atoms with Gasteiger partial charge in [-0.3, -0.25) is 4.79 Å². The summed E-state index contributed by atoms with van der Waals surface area (Å²) in [5, 5.41) is 6.06. The highest BCUT2D eigenvalue weighted by atomic mass is 79.9. The molecule has 0 fully saturated rings. The molecule has 3 nitrogen and oxygen atoms in total. The highest BCUT2D eigenvalue weighted by Crippen LogP contribution is 2.15. The van der Waals surface area contributed by atoms with Crippen LogP contribution in [0.2, 0.25) is 0 Å². The topological polar surface area (TPSA) is 41.1 Å². The summed E-state index contributed by atoms with van der Waals surface area (Å²) in [5.41, 5.74) is 2.90. The lowest BCUT2D eigenvalue weighted by Crippen LogP contribution is -2.31. The summed E-state index contributed by atoms with van der Waals surface area (Å²) in [4.78, 5) is 12.1. The third-order valence-corrected chi connectivity index (χ3v) is 3.47. The molecule has 2 aromatic rings. The van der Waals surface area contributed by atoms with Gasteiger partial charge < -0.3 is 10.6 Å². The van der Waals surface area contributed by atoms with Crippen LogP contribution in [-0.2, 0) is 4.79 Å². The number of benzene rings is 2. The Labute approximate surface area is 127 Å². The second-order valence-corrected chi connectivity index (χ2v) is 5.64. The van der Waals surface area contributed by atoms with Crippen molar-refractivity contribution in [3.63, 3.8) is 0 Å². The molecule has 0 aliphatic heterocycles. The molecule has 0 spiro atoms. The standard InChI is InChI=1S/C16H17BrN2O/c1-11-3-7-15(8-4-11)19-16(20)12(2)18-14-9-5-13(17)6-10-14/h3-10,12,18H,1-2H3,(H,19,20). The lowest BCUT2D eigenvalue weighted by molar-refractivity contribution is -0.116. The molecular formula is C16H17BrN2O. The molecule has 1 amide bonds. The number of carbonyl (C=O) groups is 1. The number of aryl methyl sites for hydroxylation is 1. The quantitative estimate of drug-likeness (QED) is 0.881. The van der Waals surface area contributed by atoms with Crippen molar-refractivity contribution in [1.82, 2.24) is 0 Å². The van der Waals surface area contributed by atoms with Gasteiger partial charge in [-0.25, -0.2) is 0 Å². The third-order valence-electron chi connectivity index (χ3n) is 2.94. The molecule has 0 aromatic heterocycles. The SMILES string of the molecule is Cc1ccc(NC(=O)C(C)Nc2ccc(Br)cc2)cc1. The molecule has 4 heteroatoms. The molecule has 0 aliphatic carbocycles. The van der Waals surface area contributed by atoms with Gasteiger partial charge in [0.2, 0.25) is 5.91 Å². The Hall–Kier alpha value is -1.81. The van der Waals surface area contributed by atoms with Crippen molar-refractivity contribution in [2.24, 2.45) is 0 Å². The number of carbonyl (C=O) groups excluding carboxylic acids is 1. The number of rotatable bonds is 4. The molecule has 2 rings (SSSR count). The Balaban J connectivity index is 1.94. The van der Waals surface area contributed by atoms with Crippen LogP contribution >= 0.6 is 15.9 Å². The third kappa shape index (κ3) is 4.10. The number of hydrogen-bond donors (Lipinski definition) is 2. The van der Waals surface area contributed by atoms with E-state index in [1.54, 1.807) is 0 Å². The summed E-state index contributed by atoms with van der Waals surface area (Å²) in [5.74, 6) is -0.0585. The lowest BCUT2D eigenvalue weighted by atomic mass is 10.2. The highest BCUT2D eigenvalue weighted by Gasteiger charge is 2.12. The fraction of sp³-hybridized carbons (Fsp3) is 0.188. The zero-order chi connectivity index (χ0) is 14.5. The van der Waals surface area contributed by atoms with Crippen LogP contribution in [0.5, 0.6) is 0 Å². The van der Waals surface area contributed by atoms with Gasteiger partial charge in [-0.05, 0) is 50.2 Å². The molecule has 0 aliphatic rings. The predicted octanol–water partition coefficient (Wildman–Crippen LogP) is 4.20. The van der Waals surface area contributed by atoms with Gasteiger partial charge in [0, 0.05) is 15.8 Å². The van der Waals surface area contributed by atoms with Crippen LogP contribution < -0.4 is 10.6 Å². The first-order chi connectivity index (χ1) is 9.54. The maximum Gasteiger partial charge on any atom is 0.246 e. The molecule has 1 unspecified atom stereocenters. The number of nitrogens with one attached hydrogen (secondary N) is 2. The molecule has 2 aromatic carbocycles. The molecule has 0 heterocycles. The first-order valence-corrected chi connectivity index (χ1v) is 7.23. The predicted molar refractivity (Wildman–Crippen MR) is 87.0 cm³/mol. The van der Waals surface area contributed by atoms with E-state index in [0.717, 1.165) is 15.8 Å². The molecule has 0 bridgehead atoms. The van der Waals surface area contributed by atoms with E-state index in [0.29, 0.717) is 0 Å². The smallest absolute Gasteiger partial charge is 0.246 e. The van der Waals surface area contributed by atoms with E-state index in [2.05, 4.69) is 26.6 Å². The highest BCUT2D eigenvalue weighted by molar-refractivity contribution is 9.10. The number of anilines is 2. The lowest BCUT2D eigenvalue weighted by Gasteiger charge is -2.15. The fourth-order valence-electron chi connectivity index (χ4n) is 1.75. The molecule has 0 saturated carbocycles. The summed E-state index contributed by atoms with van der Waals surface area (Å²) >= 11 is 3.38. The Morgan fingerprint density at radius 3 is 2.15 bits per heavy atom. The maximum absolute atomic E-state index is 12.1. The second-order valence-electron chi connectivity index (χ2n) is 4.73. The van der Waals surface area contributed by atoms with Gasteiger partial charge in [-0.15, -0.1) is 0 Å². The largest absolute Gasteiger partial charge is 0.374 e. The van der Waals surface area contributed by atoms with Crippen molar-refractivity contribution in [2.45, 2.75) is 19.9 Å². The van der Waals surface area contributed by atoms with Crippen molar-refractivity contribution in [2.75, 3.05) is 10.6 Å². The van der Waals surface area contributed by atoms with E-state index in [9.17, 15) is 4.79 Å². The average molecular weight is 333 g/mol. The molecule has 2 N–H and O–H groups in total. The molecule has 104 valence electrons. The summed E-state index contributed by atoms with van der Waals surface area (Å²) in [7, 11) is 0. The van der Waals surface area contributed by atoms with Crippen molar-refractivity contribution >= 4 is 33.2 Å². The van der Waals surface area contributed by atoms with Crippen LogP contribution in [0.3, 0.4) is 0 Å². The van der Waals surface area contributed by atoms with Gasteiger partial charge in [0.05, 0.1) is 0 Å². The number of hydrogen-bond acceptors (Lipinski definition) is 2. The molecule has 0 saturated heterocycles. The van der Waals surface area contributed by atoms with E-state index in [4.69, 9.17) is 0 Å². The normalized spacial score (nSPS) is 11.8. The summed E-state index contributed by atoms with van der Waals surface area (Å²) < 4.78 is 1.01. The first kappa shape index (κ1) is 14.6. The average Bonchev–Trinajstić information content (AvgIpc) is 2.44. The summed E-state index contributed by atoms with van der Waals surface area (Å²) in [6, 6.07) is 15.2. The van der Waals surface area contributed by atoms with Crippen LogP contribution in [-0.4, -0.2) is 11.9 Å². The number of halogens is 1. The van der Waals surface area contributed by atoms with E-state index in [1.807, 2.05) is 62.4 Å². The minimum Gasteiger partial charge on any atom is -0.374 e. The van der Waals surface area contributed by atoms with E-state index >= 15 is 0 Å². The fourth-order valence-corrected chi connectivity index (χ4v) is 2.01. The first-order valence-electron chi connectivity index (χ1n) is 6.44. The van der Waals surface area contributed by atoms with Crippen LogP contribution in [0.25, 0.3) is 0 Å². The van der Waals surface area contributed by atoms with Gasteiger partial charge in [0.25, 0.3) is 0 Å². The Morgan fingerprint density at radius 1 is 1.00 bits per heavy atom. The van der Waals surface area contributed by atoms with Crippen LogP contribution in [0.4, 0.5) is 11.4 Å². The second kappa shape index (κ2) is 6.57. The van der Waals surface area contributed by atoms with Crippen LogP contribution in [0.15, 0.2) is 53.0 Å². The zero-order valence-electron chi connectivity index (χ0n) is 11.5. The Bertz CT molecular complexity index is 578. The summed E-state index contributed by atoms with van der Waals surface area (Å²) in [6.45, 7) is 3.86. The molecule has 0 radical (unpaired) electrons. The zero-order valence-corrected chi connectivity index (χ0v) is 13.1. The van der Waals surface area contributed by atoms with Gasteiger partial charge in [-0.2, -0.15) is 0 Å². The van der Waals surface area contributed by atoms with Gasteiger partial charge >= 0.3 is 0 Å². The van der Waals surface area contributed by atoms with Crippen molar-refractivity contribution in [1.29, 1.82) is 0 Å². The minimum absolute atomic E-state index is 0.0585. The molecule has 20 heavy (non-hydrogen) atoms. The summed E-state index contributed by atoms with van der Waals surface area (Å²) in [6.07, 6.45) is 0.